The molecule has 0 spiro atoms. The number of aryl methyl sites for hydroxylation is 3. The molecule has 1 aliphatic rings. The van der Waals surface area contributed by atoms with Gasteiger partial charge in [-0.1, -0.05) is 34.1 Å². The van der Waals surface area contributed by atoms with Crippen molar-refractivity contribution >= 4 is 48.4 Å². The SMILES string of the molecule is Cc1nc2sc3c(c2c2nc(Oc4ccc(Br)cc4)n(-c4ccccc4)c(=O)c12)CCCC3. The summed E-state index contributed by atoms with van der Waals surface area (Å²) in [6, 6.07) is 17.3. The Labute approximate surface area is 202 Å². The van der Waals surface area contributed by atoms with Gasteiger partial charge >= 0.3 is 6.01 Å². The van der Waals surface area contributed by atoms with Gasteiger partial charge in [0.1, 0.15) is 10.6 Å². The summed E-state index contributed by atoms with van der Waals surface area (Å²) in [5.74, 6) is 0.614. The number of aromatic nitrogens is 3. The lowest BCUT2D eigenvalue weighted by atomic mass is 9.96. The molecule has 0 bridgehead atoms. The summed E-state index contributed by atoms with van der Waals surface area (Å²) in [5, 5.41) is 1.58. The Morgan fingerprint density at radius 1 is 0.970 bits per heavy atom. The van der Waals surface area contributed by atoms with E-state index in [4.69, 9.17) is 14.7 Å². The van der Waals surface area contributed by atoms with Crippen molar-refractivity contribution in [3.05, 3.63) is 85.6 Å². The number of pyridine rings is 1. The molecule has 0 saturated heterocycles. The van der Waals surface area contributed by atoms with E-state index >= 15 is 0 Å². The molecule has 6 rings (SSSR count). The molecule has 0 N–H and O–H groups in total. The number of para-hydroxylation sites is 1. The van der Waals surface area contributed by atoms with E-state index in [0.717, 1.165) is 34.0 Å². The van der Waals surface area contributed by atoms with E-state index < -0.39 is 0 Å². The van der Waals surface area contributed by atoms with Crippen molar-refractivity contribution in [2.45, 2.75) is 32.6 Å². The van der Waals surface area contributed by atoms with E-state index in [1.165, 1.54) is 16.9 Å². The molecule has 1 aliphatic carbocycles. The quantitative estimate of drug-likeness (QED) is 0.266. The van der Waals surface area contributed by atoms with Crippen LogP contribution in [0.1, 0.15) is 29.0 Å². The lowest BCUT2D eigenvalue weighted by Crippen LogP contribution is -2.22. The molecule has 7 heteroatoms. The van der Waals surface area contributed by atoms with Crippen molar-refractivity contribution in [2.75, 3.05) is 0 Å². The minimum absolute atomic E-state index is 0.166. The predicted molar refractivity (Wildman–Crippen MR) is 136 cm³/mol. The van der Waals surface area contributed by atoms with Gasteiger partial charge in [0.2, 0.25) is 0 Å². The minimum atomic E-state index is -0.166. The number of ether oxygens (including phenoxy) is 1. The van der Waals surface area contributed by atoms with Crippen LogP contribution in [0.3, 0.4) is 0 Å². The topological polar surface area (TPSA) is 57.0 Å². The first-order valence-corrected chi connectivity index (χ1v) is 12.6. The maximum absolute atomic E-state index is 13.9. The zero-order valence-electron chi connectivity index (χ0n) is 18.0. The summed E-state index contributed by atoms with van der Waals surface area (Å²) in [6.45, 7) is 1.90. The van der Waals surface area contributed by atoms with E-state index in [-0.39, 0.29) is 11.6 Å². The monoisotopic (exact) mass is 517 g/mol. The van der Waals surface area contributed by atoms with E-state index in [1.54, 1.807) is 15.9 Å². The predicted octanol–water partition coefficient (Wildman–Crippen LogP) is 6.74. The van der Waals surface area contributed by atoms with Crippen LogP contribution in [0.15, 0.2) is 63.9 Å². The zero-order chi connectivity index (χ0) is 22.5. The molecule has 164 valence electrons. The molecule has 0 fully saturated rings. The van der Waals surface area contributed by atoms with Gasteiger partial charge in [0.25, 0.3) is 5.56 Å². The second-order valence-electron chi connectivity index (χ2n) is 8.24. The zero-order valence-corrected chi connectivity index (χ0v) is 20.4. The van der Waals surface area contributed by atoms with Crippen molar-refractivity contribution in [3.63, 3.8) is 0 Å². The van der Waals surface area contributed by atoms with Crippen LogP contribution in [0.4, 0.5) is 0 Å². The van der Waals surface area contributed by atoms with Crippen LogP contribution in [0, 0.1) is 6.92 Å². The van der Waals surface area contributed by atoms with E-state index in [1.807, 2.05) is 61.5 Å². The fraction of sp³-hybridized carbons (Fsp3) is 0.192. The highest BCUT2D eigenvalue weighted by molar-refractivity contribution is 9.10. The highest BCUT2D eigenvalue weighted by atomic mass is 79.9. The van der Waals surface area contributed by atoms with E-state index in [2.05, 4.69) is 15.9 Å². The Hall–Kier alpha value is -3.03. The molecule has 0 radical (unpaired) electrons. The van der Waals surface area contributed by atoms with Gasteiger partial charge in [-0.2, -0.15) is 4.98 Å². The Bertz CT molecular complexity index is 1570. The fourth-order valence-corrected chi connectivity index (χ4v) is 6.15. The largest absolute Gasteiger partial charge is 0.425 e. The summed E-state index contributed by atoms with van der Waals surface area (Å²) in [7, 11) is 0. The molecule has 0 amide bonds. The molecule has 3 heterocycles. The average molecular weight is 518 g/mol. The summed E-state index contributed by atoms with van der Waals surface area (Å²) in [6.07, 6.45) is 4.42. The molecular formula is C26H20BrN3O2S. The van der Waals surface area contributed by atoms with Gasteiger partial charge in [-0.15, -0.1) is 11.3 Å². The molecule has 2 aromatic carbocycles. The molecule has 33 heavy (non-hydrogen) atoms. The standard InChI is InChI=1S/C26H20BrN3O2S/c1-15-21-23(22-19-9-5-6-10-20(19)33-24(22)28-15)29-26(32-18-13-11-16(27)12-14-18)30(25(21)31)17-7-3-2-4-8-17/h2-4,7-8,11-14H,5-6,9-10H2,1H3. The lowest BCUT2D eigenvalue weighted by Gasteiger charge is -2.16. The van der Waals surface area contributed by atoms with Crippen LogP contribution in [0.2, 0.25) is 0 Å². The number of thiophene rings is 1. The van der Waals surface area contributed by atoms with Crippen molar-refractivity contribution < 1.29 is 4.74 Å². The highest BCUT2D eigenvalue weighted by Gasteiger charge is 2.24. The van der Waals surface area contributed by atoms with Gasteiger partial charge in [-0.3, -0.25) is 4.79 Å². The van der Waals surface area contributed by atoms with Crippen molar-refractivity contribution in [1.82, 2.24) is 14.5 Å². The number of benzene rings is 2. The number of rotatable bonds is 3. The second-order valence-corrected chi connectivity index (χ2v) is 10.2. The Morgan fingerprint density at radius 3 is 2.52 bits per heavy atom. The van der Waals surface area contributed by atoms with Crippen molar-refractivity contribution in [3.8, 4) is 17.4 Å². The lowest BCUT2D eigenvalue weighted by molar-refractivity contribution is 0.427. The summed E-state index contributed by atoms with van der Waals surface area (Å²) >= 11 is 5.20. The molecule has 0 atom stereocenters. The first-order valence-electron chi connectivity index (χ1n) is 11.0. The Balaban J connectivity index is 1.70. The van der Waals surface area contributed by atoms with Crippen LogP contribution < -0.4 is 10.3 Å². The van der Waals surface area contributed by atoms with E-state index in [9.17, 15) is 4.79 Å². The van der Waals surface area contributed by atoms with Gasteiger partial charge in [0.05, 0.1) is 22.3 Å². The van der Waals surface area contributed by atoms with Crippen molar-refractivity contribution in [2.24, 2.45) is 0 Å². The third-order valence-corrected chi connectivity index (χ3v) is 7.82. The number of hydrogen-bond donors (Lipinski definition) is 0. The first-order chi connectivity index (χ1) is 16.1. The maximum atomic E-state index is 13.9. The number of nitrogens with zero attached hydrogens (tertiary/aromatic N) is 3. The molecule has 0 unspecified atom stereocenters. The van der Waals surface area contributed by atoms with Crippen LogP contribution >= 0.6 is 27.3 Å². The summed E-state index contributed by atoms with van der Waals surface area (Å²) in [4.78, 5) is 26.1. The Morgan fingerprint density at radius 2 is 1.73 bits per heavy atom. The molecule has 5 nitrogen and oxygen atoms in total. The fourth-order valence-electron chi connectivity index (χ4n) is 4.57. The number of hydrogen-bond acceptors (Lipinski definition) is 5. The Kier molecular flexibility index (Phi) is 5.03. The van der Waals surface area contributed by atoms with E-state index in [0.29, 0.717) is 28.0 Å². The number of halogens is 1. The van der Waals surface area contributed by atoms with Gasteiger partial charge in [-0.05, 0) is 74.6 Å². The summed E-state index contributed by atoms with van der Waals surface area (Å²) < 4.78 is 8.73. The molecule has 0 saturated carbocycles. The first kappa shape index (κ1) is 20.6. The highest BCUT2D eigenvalue weighted by Crippen LogP contribution is 2.39. The molecule has 5 aromatic rings. The van der Waals surface area contributed by atoms with Crippen LogP contribution in [-0.4, -0.2) is 14.5 Å². The molecule has 0 aliphatic heterocycles. The van der Waals surface area contributed by atoms with Crippen molar-refractivity contribution in [1.29, 1.82) is 0 Å². The average Bonchev–Trinajstić information content (AvgIpc) is 3.19. The second kappa shape index (κ2) is 8.08. The third-order valence-electron chi connectivity index (χ3n) is 6.11. The normalized spacial score (nSPS) is 13.4. The smallest absolute Gasteiger partial charge is 0.310 e. The van der Waals surface area contributed by atoms with Crippen LogP contribution in [0.5, 0.6) is 11.8 Å². The van der Waals surface area contributed by atoms with Gasteiger partial charge < -0.3 is 4.74 Å². The van der Waals surface area contributed by atoms with Gasteiger partial charge in [-0.25, -0.2) is 9.55 Å². The number of fused-ring (bicyclic) bond motifs is 5. The molecular weight excluding hydrogens is 498 g/mol. The van der Waals surface area contributed by atoms with Gasteiger partial charge in [0, 0.05) is 14.7 Å². The van der Waals surface area contributed by atoms with Crippen LogP contribution in [-0.2, 0) is 12.8 Å². The molecule has 3 aromatic heterocycles. The minimum Gasteiger partial charge on any atom is -0.425 e. The maximum Gasteiger partial charge on any atom is 0.310 e. The summed E-state index contributed by atoms with van der Waals surface area (Å²) in [5.41, 5.74) is 3.24. The van der Waals surface area contributed by atoms with Gasteiger partial charge in [0.15, 0.2) is 0 Å². The van der Waals surface area contributed by atoms with Crippen LogP contribution in [0.25, 0.3) is 26.8 Å². The third kappa shape index (κ3) is 3.47.